The molecule has 0 aliphatic carbocycles. The first-order valence-corrected chi connectivity index (χ1v) is 5.60. The second kappa shape index (κ2) is 4.52. The van der Waals surface area contributed by atoms with Crippen LogP contribution in [0.2, 0.25) is 0 Å². The van der Waals surface area contributed by atoms with E-state index >= 15 is 0 Å². The smallest absolute Gasteiger partial charge is 0.341 e. The lowest BCUT2D eigenvalue weighted by atomic mass is 10.3. The van der Waals surface area contributed by atoms with E-state index < -0.39 is 5.97 Å². The molecule has 7 heteroatoms. The molecule has 0 aliphatic rings. The number of carbonyl (C=O) groups excluding carboxylic acids is 1. The van der Waals surface area contributed by atoms with Crippen LogP contribution in [-0.4, -0.2) is 25.5 Å². The highest BCUT2D eigenvalue weighted by Gasteiger charge is 2.10. The monoisotopic (exact) mass is 258 g/mol. The molecule has 0 atom stereocenters. The largest absolute Gasteiger partial charge is 0.455 e. The van der Waals surface area contributed by atoms with Gasteiger partial charge in [0.05, 0.1) is 5.56 Å². The van der Waals surface area contributed by atoms with Gasteiger partial charge in [0.1, 0.15) is 18.1 Å². The molecule has 3 aromatic rings. The Balaban J connectivity index is 1.72. The predicted molar refractivity (Wildman–Crippen MR) is 63.3 cm³/mol. The van der Waals surface area contributed by atoms with E-state index in [1.165, 1.54) is 6.20 Å². The first kappa shape index (κ1) is 11.4. The van der Waals surface area contributed by atoms with Gasteiger partial charge in [-0.25, -0.2) is 14.8 Å². The maximum absolute atomic E-state index is 11.8. The van der Waals surface area contributed by atoms with Crippen LogP contribution in [0.15, 0.2) is 35.4 Å². The Kier molecular flexibility index (Phi) is 2.71. The zero-order valence-electron chi connectivity index (χ0n) is 10.1. The van der Waals surface area contributed by atoms with Gasteiger partial charge < -0.3 is 9.26 Å². The van der Waals surface area contributed by atoms with Gasteiger partial charge >= 0.3 is 5.97 Å². The number of carbonyl (C=O) groups is 1. The molecule has 0 saturated carbocycles. The normalized spacial score (nSPS) is 10.8. The van der Waals surface area contributed by atoms with Crippen LogP contribution in [-0.2, 0) is 11.3 Å². The first-order valence-electron chi connectivity index (χ1n) is 5.60. The maximum Gasteiger partial charge on any atom is 0.341 e. The Labute approximate surface area is 107 Å². The number of esters is 1. The Morgan fingerprint density at radius 2 is 2.37 bits per heavy atom. The quantitative estimate of drug-likeness (QED) is 0.660. The number of hydrogen-bond donors (Lipinski definition) is 0. The van der Waals surface area contributed by atoms with Crippen molar-refractivity contribution in [2.45, 2.75) is 13.5 Å². The SMILES string of the molecule is Cc1cc(COC(=O)c2cnc3nccn3c2)no1. The van der Waals surface area contributed by atoms with Gasteiger partial charge in [0.25, 0.3) is 0 Å². The Hall–Kier alpha value is -2.70. The van der Waals surface area contributed by atoms with E-state index in [4.69, 9.17) is 9.26 Å². The lowest BCUT2D eigenvalue weighted by molar-refractivity contribution is 0.0463. The summed E-state index contributed by atoms with van der Waals surface area (Å²) < 4.78 is 11.7. The van der Waals surface area contributed by atoms with Crippen LogP contribution < -0.4 is 0 Å². The second-order valence-electron chi connectivity index (χ2n) is 3.98. The van der Waals surface area contributed by atoms with Crippen molar-refractivity contribution in [1.82, 2.24) is 19.5 Å². The third-order valence-corrected chi connectivity index (χ3v) is 2.51. The summed E-state index contributed by atoms with van der Waals surface area (Å²) in [6, 6.07) is 1.71. The van der Waals surface area contributed by atoms with Crippen molar-refractivity contribution in [1.29, 1.82) is 0 Å². The fourth-order valence-electron chi connectivity index (χ4n) is 1.63. The van der Waals surface area contributed by atoms with E-state index in [0.717, 1.165) is 0 Å². The molecule has 0 fully saturated rings. The van der Waals surface area contributed by atoms with E-state index in [1.807, 2.05) is 0 Å². The number of ether oxygens (including phenoxy) is 1. The zero-order valence-corrected chi connectivity index (χ0v) is 10.1. The maximum atomic E-state index is 11.8. The third kappa shape index (κ3) is 2.30. The summed E-state index contributed by atoms with van der Waals surface area (Å²) in [4.78, 5) is 19.9. The van der Waals surface area contributed by atoms with Gasteiger partial charge in [-0.3, -0.25) is 4.40 Å². The minimum Gasteiger partial charge on any atom is -0.455 e. The van der Waals surface area contributed by atoms with Crippen LogP contribution in [0.4, 0.5) is 0 Å². The lowest BCUT2D eigenvalue weighted by Crippen LogP contribution is -2.07. The van der Waals surface area contributed by atoms with E-state index in [2.05, 4.69) is 15.1 Å². The summed E-state index contributed by atoms with van der Waals surface area (Å²) >= 11 is 0. The van der Waals surface area contributed by atoms with Crippen molar-refractivity contribution >= 4 is 11.7 Å². The number of rotatable bonds is 3. The standard InChI is InChI=1S/C12H10N4O3/c1-8-4-10(15-19-8)7-18-11(17)9-5-14-12-13-2-3-16(12)6-9/h2-6H,7H2,1H3. The van der Waals surface area contributed by atoms with Crippen molar-refractivity contribution in [3.05, 3.63) is 47.9 Å². The van der Waals surface area contributed by atoms with Gasteiger partial charge in [-0.1, -0.05) is 5.16 Å². The number of aromatic nitrogens is 4. The molecule has 0 saturated heterocycles. The van der Waals surface area contributed by atoms with Crippen molar-refractivity contribution in [3.63, 3.8) is 0 Å². The van der Waals surface area contributed by atoms with E-state index in [0.29, 0.717) is 22.8 Å². The Morgan fingerprint density at radius 1 is 1.47 bits per heavy atom. The topological polar surface area (TPSA) is 82.5 Å². The molecular weight excluding hydrogens is 248 g/mol. The molecule has 0 amide bonds. The number of nitrogens with zero attached hydrogens (tertiary/aromatic N) is 4. The van der Waals surface area contributed by atoms with Crippen LogP contribution >= 0.6 is 0 Å². The molecule has 96 valence electrons. The van der Waals surface area contributed by atoms with Gasteiger partial charge in [0, 0.05) is 30.9 Å². The van der Waals surface area contributed by atoms with Gasteiger partial charge in [-0.15, -0.1) is 0 Å². The van der Waals surface area contributed by atoms with Crippen LogP contribution in [0.25, 0.3) is 5.78 Å². The minimum absolute atomic E-state index is 0.0676. The fourth-order valence-corrected chi connectivity index (χ4v) is 1.63. The van der Waals surface area contributed by atoms with Crippen molar-refractivity contribution < 1.29 is 14.1 Å². The molecule has 0 spiro atoms. The summed E-state index contributed by atoms with van der Waals surface area (Å²) in [7, 11) is 0. The highest BCUT2D eigenvalue weighted by Crippen LogP contribution is 2.07. The average molecular weight is 258 g/mol. The fraction of sp³-hybridized carbons (Fsp3) is 0.167. The molecule has 7 nitrogen and oxygen atoms in total. The van der Waals surface area contributed by atoms with E-state index in [9.17, 15) is 4.79 Å². The molecular formula is C12H10N4O3. The molecule has 3 heterocycles. The number of aryl methyl sites for hydroxylation is 1. The summed E-state index contributed by atoms with van der Waals surface area (Å²) in [6.45, 7) is 1.84. The number of hydrogen-bond acceptors (Lipinski definition) is 6. The zero-order chi connectivity index (χ0) is 13.2. The number of fused-ring (bicyclic) bond motifs is 1. The number of imidazole rings is 1. The van der Waals surface area contributed by atoms with Crippen molar-refractivity contribution in [2.24, 2.45) is 0 Å². The Morgan fingerprint density at radius 3 is 3.16 bits per heavy atom. The predicted octanol–water partition coefficient (Wildman–Crippen LogP) is 1.38. The van der Waals surface area contributed by atoms with Crippen molar-refractivity contribution in [2.75, 3.05) is 0 Å². The van der Waals surface area contributed by atoms with Gasteiger partial charge in [0.15, 0.2) is 0 Å². The van der Waals surface area contributed by atoms with Gasteiger partial charge in [0.2, 0.25) is 5.78 Å². The van der Waals surface area contributed by atoms with Crippen LogP contribution in [0.3, 0.4) is 0 Å². The van der Waals surface area contributed by atoms with E-state index in [-0.39, 0.29) is 6.61 Å². The van der Waals surface area contributed by atoms with Crippen LogP contribution in [0.5, 0.6) is 0 Å². The summed E-state index contributed by atoms with van der Waals surface area (Å²) in [5, 5.41) is 3.74. The first-order chi connectivity index (χ1) is 9.22. The summed E-state index contributed by atoms with van der Waals surface area (Å²) in [5.41, 5.74) is 0.924. The lowest BCUT2D eigenvalue weighted by Gasteiger charge is -2.02. The van der Waals surface area contributed by atoms with Crippen molar-refractivity contribution in [3.8, 4) is 0 Å². The minimum atomic E-state index is -0.469. The molecule has 0 unspecified atom stereocenters. The molecule has 0 N–H and O–H groups in total. The van der Waals surface area contributed by atoms with Gasteiger partial charge in [-0.05, 0) is 6.92 Å². The molecule has 19 heavy (non-hydrogen) atoms. The second-order valence-corrected chi connectivity index (χ2v) is 3.98. The van der Waals surface area contributed by atoms with Gasteiger partial charge in [-0.2, -0.15) is 0 Å². The summed E-state index contributed by atoms with van der Waals surface area (Å²) in [6.07, 6.45) is 6.36. The molecule has 0 aromatic carbocycles. The molecule has 0 bridgehead atoms. The molecule has 3 aromatic heterocycles. The van der Waals surface area contributed by atoms with Crippen LogP contribution in [0.1, 0.15) is 21.8 Å². The van der Waals surface area contributed by atoms with Crippen LogP contribution in [0, 0.1) is 6.92 Å². The highest BCUT2D eigenvalue weighted by atomic mass is 16.5. The third-order valence-electron chi connectivity index (χ3n) is 2.51. The molecule has 3 rings (SSSR count). The summed E-state index contributed by atoms with van der Waals surface area (Å²) in [5.74, 6) is 0.736. The molecule has 0 aliphatic heterocycles. The Bertz CT molecular complexity index is 731. The molecule has 0 radical (unpaired) electrons. The average Bonchev–Trinajstić information content (AvgIpc) is 3.03. The highest BCUT2D eigenvalue weighted by molar-refractivity contribution is 5.88. The van der Waals surface area contributed by atoms with E-state index in [1.54, 1.807) is 36.0 Å².